The van der Waals surface area contributed by atoms with Gasteiger partial charge in [0.25, 0.3) is 0 Å². The first-order chi connectivity index (χ1) is 23.7. The van der Waals surface area contributed by atoms with Crippen LogP contribution in [0, 0.1) is 34.8 Å². The van der Waals surface area contributed by atoms with E-state index in [4.69, 9.17) is 16.1 Å². The number of fused-ring (bicyclic) bond motifs is 3. The second-order valence-electron chi connectivity index (χ2n) is 15.2. The van der Waals surface area contributed by atoms with Crippen molar-refractivity contribution in [2.45, 2.75) is 57.3 Å². The van der Waals surface area contributed by atoms with E-state index < -0.39 is 23.9 Å². The number of nitrogens with zero attached hydrogens (tertiary/aromatic N) is 5. The summed E-state index contributed by atoms with van der Waals surface area (Å²) in [6.07, 6.45) is 14.7. The summed E-state index contributed by atoms with van der Waals surface area (Å²) in [7, 11) is 2.20. The third-order valence-electron chi connectivity index (χ3n) is 11.6. The number of terminal acetylenes is 1. The van der Waals surface area contributed by atoms with Gasteiger partial charge in [0.05, 0.1) is 12.2 Å². The maximum atomic E-state index is 16.8. The third-order valence-corrected chi connectivity index (χ3v) is 11.6. The van der Waals surface area contributed by atoms with E-state index in [1.807, 2.05) is 0 Å². The first kappa shape index (κ1) is 32.4. The molecule has 3 atom stereocenters. The predicted molar refractivity (Wildman–Crippen MR) is 184 cm³/mol. The molecule has 1 saturated carbocycles. The summed E-state index contributed by atoms with van der Waals surface area (Å²) in [5, 5.41) is 14.3. The summed E-state index contributed by atoms with van der Waals surface area (Å²) in [6.45, 7) is 6.13. The molecule has 1 aliphatic carbocycles. The summed E-state index contributed by atoms with van der Waals surface area (Å²) in [5.74, 6) is 0.626. The van der Waals surface area contributed by atoms with E-state index in [1.54, 1.807) is 0 Å². The molecular formula is C38H43F3N6O2. The fourth-order valence-corrected chi connectivity index (χ4v) is 8.89. The highest BCUT2D eigenvalue weighted by atomic mass is 19.1. The number of hydrogen-bond acceptors (Lipinski definition) is 8. The SMILES string of the molecule is C#C/C=C\c1cc(O)cc(-c2c(F)cc3c(N4CC5CCC(C4)N5)nc(OCC4(CN5CCC6(CCN(C)C6)C5)CC4)nc3c2F)c1CF. The van der Waals surface area contributed by atoms with E-state index in [1.165, 1.54) is 43.2 Å². The number of likely N-dealkylation sites (tertiary alicyclic amines) is 2. The van der Waals surface area contributed by atoms with Crippen LogP contribution in [0.15, 0.2) is 24.3 Å². The zero-order valence-corrected chi connectivity index (χ0v) is 28.0. The quantitative estimate of drug-likeness (QED) is 0.288. The largest absolute Gasteiger partial charge is 0.508 e. The maximum absolute atomic E-state index is 16.8. The van der Waals surface area contributed by atoms with Crippen molar-refractivity contribution in [1.29, 1.82) is 0 Å². The standard InChI is InChI=1S/C38H43F3N6O2/c1-3-4-5-24-14-27(48)15-28(30(24)17-39)32-31(40)16-29-34(33(32)41)43-36(44-35(29)47-18-25-6-7-26(19-47)42-25)49-23-38(8-9-38)22-46-13-11-37(21-46)10-12-45(2)20-37/h1,4-5,14-16,25-26,42,48H,6-13,17-23H2,2H3/b5-4-. The number of aromatic nitrogens is 2. The Hall–Kier alpha value is -3.85. The molecule has 4 aliphatic heterocycles. The molecule has 49 heavy (non-hydrogen) atoms. The molecule has 0 radical (unpaired) electrons. The van der Waals surface area contributed by atoms with E-state index in [0.717, 1.165) is 58.4 Å². The molecule has 2 aromatic carbocycles. The zero-order valence-electron chi connectivity index (χ0n) is 28.0. The van der Waals surface area contributed by atoms with Crippen LogP contribution in [-0.4, -0.2) is 96.4 Å². The van der Waals surface area contributed by atoms with Crippen molar-refractivity contribution in [3.8, 4) is 35.2 Å². The van der Waals surface area contributed by atoms with Gasteiger partial charge in [-0.3, -0.25) is 0 Å². The van der Waals surface area contributed by atoms with Crippen molar-refractivity contribution in [2.75, 3.05) is 64.4 Å². The van der Waals surface area contributed by atoms with Crippen molar-refractivity contribution >= 4 is 22.8 Å². The van der Waals surface area contributed by atoms with Crippen LogP contribution in [0.25, 0.3) is 28.1 Å². The smallest absolute Gasteiger partial charge is 0.319 e. The highest BCUT2D eigenvalue weighted by Gasteiger charge is 2.49. The van der Waals surface area contributed by atoms with Crippen molar-refractivity contribution < 1.29 is 23.0 Å². The van der Waals surface area contributed by atoms with Gasteiger partial charge in [0.1, 0.15) is 29.6 Å². The number of phenols is 1. The third kappa shape index (κ3) is 6.13. The highest BCUT2D eigenvalue weighted by Crippen LogP contribution is 2.49. The number of hydrogen-bond donors (Lipinski definition) is 2. The molecule has 1 spiro atoms. The van der Waals surface area contributed by atoms with Gasteiger partial charge in [-0.05, 0) is 111 Å². The van der Waals surface area contributed by atoms with Crippen molar-refractivity contribution in [1.82, 2.24) is 25.1 Å². The molecule has 8 rings (SSSR count). The molecule has 3 unspecified atom stereocenters. The number of phenolic OH excluding ortho intramolecular Hbond substituents is 1. The van der Waals surface area contributed by atoms with E-state index in [2.05, 4.69) is 38.0 Å². The van der Waals surface area contributed by atoms with Gasteiger partial charge in [0.2, 0.25) is 0 Å². The summed E-state index contributed by atoms with van der Waals surface area (Å²) in [6, 6.07) is 4.28. The van der Waals surface area contributed by atoms with E-state index in [0.29, 0.717) is 30.9 Å². The number of benzene rings is 2. The van der Waals surface area contributed by atoms with Gasteiger partial charge >= 0.3 is 6.01 Å². The first-order valence-corrected chi connectivity index (χ1v) is 17.5. The molecular weight excluding hydrogens is 629 g/mol. The number of allylic oxidation sites excluding steroid dienone is 1. The molecule has 258 valence electrons. The number of rotatable bonds is 9. The number of nitrogens with one attached hydrogen (secondary N) is 1. The van der Waals surface area contributed by atoms with Crippen molar-refractivity contribution in [3.05, 3.63) is 47.0 Å². The Bertz CT molecular complexity index is 1850. The van der Waals surface area contributed by atoms with Crippen LogP contribution >= 0.6 is 0 Å². The molecule has 8 nitrogen and oxygen atoms in total. The molecule has 5 aliphatic rings. The lowest BCUT2D eigenvalue weighted by molar-refractivity contribution is 0.159. The Morgan fingerprint density at radius 2 is 1.86 bits per heavy atom. The van der Waals surface area contributed by atoms with Crippen molar-refractivity contribution in [2.24, 2.45) is 10.8 Å². The van der Waals surface area contributed by atoms with Gasteiger partial charge in [-0.2, -0.15) is 9.97 Å². The van der Waals surface area contributed by atoms with Crippen LogP contribution in [0.4, 0.5) is 19.0 Å². The van der Waals surface area contributed by atoms with Gasteiger partial charge in [0, 0.05) is 55.6 Å². The average Bonchev–Trinajstić information content (AvgIpc) is 3.38. The van der Waals surface area contributed by atoms with Crippen LogP contribution in [-0.2, 0) is 6.67 Å². The number of ether oxygens (including phenoxy) is 1. The number of halogens is 3. The average molecular weight is 673 g/mol. The fourth-order valence-electron chi connectivity index (χ4n) is 8.89. The lowest BCUT2D eigenvalue weighted by atomic mass is 9.86. The van der Waals surface area contributed by atoms with Crippen LogP contribution in [0.2, 0.25) is 0 Å². The topological polar surface area (TPSA) is 77.0 Å². The number of anilines is 1. The second kappa shape index (κ2) is 12.5. The van der Waals surface area contributed by atoms with Crippen molar-refractivity contribution in [3.63, 3.8) is 0 Å². The summed E-state index contributed by atoms with van der Waals surface area (Å²) >= 11 is 0. The van der Waals surface area contributed by atoms with Gasteiger partial charge in [0.15, 0.2) is 5.82 Å². The Labute approximate surface area is 285 Å². The monoisotopic (exact) mass is 672 g/mol. The minimum atomic E-state index is -1.03. The highest BCUT2D eigenvalue weighted by molar-refractivity contribution is 5.94. The molecule has 0 amide bonds. The number of aromatic hydroxyl groups is 1. The molecule has 5 heterocycles. The number of piperazine rings is 1. The van der Waals surface area contributed by atoms with E-state index in [-0.39, 0.29) is 56.9 Å². The second-order valence-corrected chi connectivity index (χ2v) is 15.2. The van der Waals surface area contributed by atoms with Gasteiger partial charge in [-0.25, -0.2) is 13.2 Å². The minimum absolute atomic E-state index is 0.00489. The first-order valence-electron chi connectivity index (χ1n) is 17.5. The lowest BCUT2D eigenvalue weighted by Gasteiger charge is -2.34. The molecule has 11 heteroatoms. The Kier molecular flexibility index (Phi) is 8.24. The minimum Gasteiger partial charge on any atom is -0.508 e. The molecule has 1 aromatic heterocycles. The van der Waals surface area contributed by atoms with Gasteiger partial charge < -0.3 is 29.9 Å². The van der Waals surface area contributed by atoms with Gasteiger partial charge in [-0.15, -0.1) is 6.42 Å². The Balaban J connectivity index is 1.15. The van der Waals surface area contributed by atoms with Crippen LogP contribution in [0.3, 0.4) is 0 Å². The molecule has 4 saturated heterocycles. The van der Waals surface area contributed by atoms with Crippen LogP contribution in [0.1, 0.15) is 49.7 Å². The lowest BCUT2D eigenvalue weighted by Crippen LogP contribution is -2.51. The van der Waals surface area contributed by atoms with E-state index >= 15 is 8.78 Å². The predicted octanol–water partition coefficient (Wildman–Crippen LogP) is 5.52. The Morgan fingerprint density at radius 1 is 1.08 bits per heavy atom. The summed E-state index contributed by atoms with van der Waals surface area (Å²) < 4.78 is 53.8. The molecule has 2 N–H and O–H groups in total. The zero-order chi connectivity index (χ0) is 33.9. The molecule has 2 bridgehead atoms. The van der Waals surface area contributed by atoms with Crippen LogP contribution in [0.5, 0.6) is 11.8 Å². The normalized spacial score (nSPS) is 26.4. The maximum Gasteiger partial charge on any atom is 0.319 e. The molecule has 3 aromatic rings. The van der Waals surface area contributed by atoms with Crippen LogP contribution < -0.4 is 15.0 Å². The van der Waals surface area contributed by atoms with Gasteiger partial charge in [-0.1, -0.05) is 5.92 Å². The fraction of sp³-hybridized carbons (Fsp3) is 0.526. The summed E-state index contributed by atoms with van der Waals surface area (Å²) in [5.41, 5.74) is -0.0477. The molecule has 5 fully saturated rings. The Morgan fingerprint density at radius 3 is 2.55 bits per heavy atom. The van der Waals surface area contributed by atoms with E-state index in [9.17, 15) is 9.50 Å². The number of alkyl halides is 1. The summed E-state index contributed by atoms with van der Waals surface area (Å²) in [4.78, 5) is 16.5.